The second kappa shape index (κ2) is 8.06. The number of nitrogens with zero attached hydrogens (tertiary/aromatic N) is 1. The SMILES string of the molecule is CN(C)C(=O)CCc1cccc(NC(=S)NC(=O)C(C)(C)C)c1. The molecular weight excluding hydrogens is 310 g/mol. The molecular formula is C17H25N3O2S. The zero-order valence-corrected chi connectivity index (χ0v) is 15.2. The lowest BCUT2D eigenvalue weighted by Gasteiger charge is -2.18. The molecule has 2 N–H and O–H groups in total. The molecule has 5 nitrogen and oxygen atoms in total. The molecule has 0 fully saturated rings. The Bertz CT molecular complexity index is 592. The Morgan fingerprint density at radius 3 is 2.43 bits per heavy atom. The van der Waals surface area contributed by atoms with E-state index in [9.17, 15) is 9.59 Å². The van der Waals surface area contributed by atoms with Gasteiger partial charge in [-0.3, -0.25) is 9.59 Å². The van der Waals surface area contributed by atoms with Crippen molar-refractivity contribution in [2.75, 3.05) is 19.4 Å². The largest absolute Gasteiger partial charge is 0.349 e. The van der Waals surface area contributed by atoms with Crippen molar-refractivity contribution in [1.82, 2.24) is 10.2 Å². The van der Waals surface area contributed by atoms with Crippen molar-refractivity contribution >= 4 is 34.8 Å². The van der Waals surface area contributed by atoms with Crippen LogP contribution >= 0.6 is 12.2 Å². The first-order valence-electron chi connectivity index (χ1n) is 7.51. The van der Waals surface area contributed by atoms with Gasteiger partial charge in [-0.05, 0) is 36.3 Å². The highest BCUT2D eigenvalue weighted by atomic mass is 32.1. The number of rotatable bonds is 4. The van der Waals surface area contributed by atoms with E-state index in [2.05, 4.69) is 10.6 Å². The monoisotopic (exact) mass is 335 g/mol. The number of nitrogens with one attached hydrogen (secondary N) is 2. The van der Waals surface area contributed by atoms with Crippen molar-refractivity contribution in [3.8, 4) is 0 Å². The normalized spacial score (nSPS) is 10.8. The van der Waals surface area contributed by atoms with Gasteiger partial charge >= 0.3 is 0 Å². The zero-order valence-electron chi connectivity index (χ0n) is 14.4. The van der Waals surface area contributed by atoms with Crippen LogP contribution in [0.3, 0.4) is 0 Å². The van der Waals surface area contributed by atoms with Crippen LogP contribution in [0.5, 0.6) is 0 Å². The highest BCUT2D eigenvalue weighted by Gasteiger charge is 2.21. The van der Waals surface area contributed by atoms with Gasteiger partial charge < -0.3 is 15.5 Å². The van der Waals surface area contributed by atoms with Gasteiger partial charge in [-0.25, -0.2) is 0 Å². The molecule has 1 aromatic carbocycles. The molecule has 1 aromatic rings. The van der Waals surface area contributed by atoms with Gasteiger partial charge in [0.05, 0.1) is 0 Å². The van der Waals surface area contributed by atoms with Crippen molar-refractivity contribution in [3.05, 3.63) is 29.8 Å². The average Bonchev–Trinajstić information content (AvgIpc) is 2.43. The lowest BCUT2D eigenvalue weighted by molar-refractivity contribution is -0.128. The molecule has 1 rings (SSSR count). The minimum Gasteiger partial charge on any atom is -0.349 e. The summed E-state index contributed by atoms with van der Waals surface area (Å²) in [4.78, 5) is 25.1. The molecule has 0 aliphatic carbocycles. The molecule has 23 heavy (non-hydrogen) atoms. The summed E-state index contributed by atoms with van der Waals surface area (Å²) in [6.07, 6.45) is 1.12. The van der Waals surface area contributed by atoms with Crippen molar-refractivity contribution in [1.29, 1.82) is 0 Å². The van der Waals surface area contributed by atoms with Crippen LogP contribution in [-0.4, -0.2) is 35.9 Å². The molecule has 0 atom stereocenters. The Labute approximate surface area is 143 Å². The molecule has 0 heterocycles. The van der Waals surface area contributed by atoms with E-state index in [0.717, 1.165) is 11.3 Å². The number of carbonyl (C=O) groups is 2. The van der Waals surface area contributed by atoms with Gasteiger partial charge in [-0.15, -0.1) is 0 Å². The maximum absolute atomic E-state index is 11.9. The van der Waals surface area contributed by atoms with Gasteiger partial charge in [-0.2, -0.15) is 0 Å². The van der Waals surface area contributed by atoms with E-state index >= 15 is 0 Å². The Balaban J connectivity index is 2.61. The van der Waals surface area contributed by atoms with E-state index in [1.54, 1.807) is 19.0 Å². The number of amides is 2. The fourth-order valence-corrected chi connectivity index (χ4v) is 1.94. The highest BCUT2D eigenvalue weighted by molar-refractivity contribution is 7.80. The number of benzene rings is 1. The molecule has 0 spiro atoms. The minimum atomic E-state index is -0.500. The van der Waals surface area contributed by atoms with E-state index in [0.29, 0.717) is 12.8 Å². The number of thiocarbonyl (C=S) groups is 1. The summed E-state index contributed by atoms with van der Waals surface area (Å²) < 4.78 is 0. The van der Waals surface area contributed by atoms with Crippen LogP contribution in [0.2, 0.25) is 0 Å². The van der Waals surface area contributed by atoms with Gasteiger partial charge in [0.25, 0.3) is 0 Å². The highest BCUT2D eigenvalue weighted by Crippen LogP contribution is 2.14. The van der Waals surface area contributed by atoms with Crippen molar-refractivity contribution < 1.29 is 9.59 Å². The number of anilines is 1. The number of aryl methyl sites for hydroxylation is 1. The molecule has 2 amide bonds. The quantitative estimate of drug-likeness (QED) is 0.830. The molecule has 6 heteroatoms. The van der Waals surface area contributed by atoms with Crippen molar-refractivity contribution in [3.63, 3.8) is 0 Å². The Kier molecular flexibility index (Phi) is 6.69. The molecule has 0 aliphatic rings. The first kappa shape index (κ1) is 19.1. The molecule has 0 unspecified atom stereocenters. The fourth-order valence-electron chi connectivity index (χ4n) is 1.73. The van der Waals surface area contributed by atoms with E-state index in [1.807, 2.05) is 45.0 Å². The van der Waals surface area contributed by atoms with Crippen molar-refractivity contribution in [2.24, 2.45) is 5.41 Å². The third-order valence-electron chi connectivity index (χ3n) is 3.22. The molecule has 0 radical (unpaired) electrons. The number of hydrogen-bond acceptors (Lipinski definition) is 3. The van der Waals surface area contributed by atoms with Crippen LogP contribution in [0.25, 0.3) is 0 Å². The summed E-state index contributed by atoms with van der Waals surface area (Å²) in [5, 5.41) is 5.94. The first-order valence-corrected chi connectivity index (χ1v) is 7.92. The summed E-state index contributed by atoms with van der Waals surface area (Å²) >= 11 is 5.16. The molecule has 0 aliphatic heterocycles. The molecule has 0 aromatic heterocycles. The number of carbonyl (C=O) groups excluding carboxylic acids is 2. The summed E-state index contributed by atoms with van der Waals surface area (Å²) in [6, 6.07) is 7.65. The Morgan fingerprint density at radius 1 is 1.22 bits per heavy atom. The fraction of sp³-hybridized carbons (Fsp3) is 0.471. The standard InChI is InChI=1S/C17H25N3O2S/c1-17(2,3)15(22)19-16(23)18-13-8-6-7-12(11-13)9-10-14(21)20(4)5/h6-8,11H,9-10H2,1-5H3,(H2,18,19,22,23). The molecule has 0 bridgehead atoms. The summed E-state index contributed by atoms with van der Waals surface area (Å²) in [6.45, 7) is 5.48. The predicted octanol–water partition coefficient (Wildman–Crippen LogP) is 2.57. The van der Waals surface area contributed by atoms with Gasteiger partial charge in [0.1, 0.15) is 0 Å². The van der Waals surface area contributed by atoms with Crippen LogP contribution in [0.4, 0.5) is 5.69 Å². The van der Waals surface area contributed by atoms with Crippen LogP contribution < -0.4 is 10.6 Å². The minimum absolute atomic E-state index is 0.0938. The maximum Gasteiger partial charge on any atom is 0.231 e. The van der Waals surface area contributed by atoms with Gasteiger partial charge in [0, 0.05) is 31.6 Å². The van der Waals surface area contributed by atoms with Gasteiger partial charge in [0.2, 0.25) is 11.8 Å². The predicted molar refractivity (Wildman–Crippen MR) is 97.3 cm³/mol. The third kappa shape index (κ3) is 6.78. The topological polar surface area (TPSA) is 61.4 Å². The molecule has 0 saturated heterocycles. The second-order valence-corrected chi connectivity index (χ2v) is 7.06. The lowest BCUT2D eigenvalue weighted by Crippen LogP contribution is -2.41. The second-order valence-electron chi connectivity index (χ2n) is 6.65. The summed E-state index contributed by atoms with van der Waals surface area (Å²) in [5.74, 6) is -0.0425. The average molecular weight is 335 g/mol. The summed E-state index contributed by atoms with van der Waals surface area (Å²) in [5.41, 5.74) is 1.33. The van der Waals surface area contributed by atoms with E-state index in [1.165, 1.54) is 0 Å². The smallest absolute Gasteiger partial charge is 0.231 e. The van der Waals surface area contributed by atoms with Crippen LogP contribution in [0.1, 0.15) is 32.8 Å². The lowest BCUT2D eigenvalue weighted by atomic mass is 9.96. The Morgan fingerprint density at radius 2 is 1.87 bits per heavy atom. The van der Waals surface area contributed by atoms with E-state index in [-0.39, 0.29) is 16.9 Å². The van der Waals surface area contributed by atoms with Crippen LogP contribution in [-0.2, 0) is 16.0 Å². The summed E-state index contributed by atoms with van der Waals surface area (Å²) in [7, 11) is 3.49. The third-order valence-corrected chi connectivity index (χ3v) is 3.42. The first-order chi connectivity index (χ1) is 10.6. The Hall–Kier alpha value is -1.95. The number of hydrogen-bond donors (Lipinski definition) is 2. The zero-order chi connectivity index (χ0) is 17.6. The van der Waals surface area contributed by atoms with Crippen LogP contribution in [0.15, 0.2) is 24.3 Å². The van der Waals surface area contributed by atoms with Gasteiger partial charge in [0.15, 0.2) is 5.11 Å². The van der Waals surface area contributed by atoms with Gasteiger partial charge in [-0.1, -0.05) is 32.9 Å². The van der Waals surface area contributed by atoms with Crippen LogP contribution in [0, 0.1) is 5.41 Å². The van der Waals surface area contributed by atoms with Crippen molar-refractivity contribution in [2.45, 2.75) is 33.6 Å². The van der Waals surface area contributed by atoms with E-state index in [4.69, 9.17) is 12.2 Å². The molecule has 0 saturated carbocycles. The molecule has 126 valence electrons. The maximum atomic E-state index is 11.9. The van der Waals surface area contributed by atoms with E-state index < -0.39 is 5.41 Å².